The zero-order chi connectivity index (χ0) is 14.4. The third kappa shape index (κ3) is 3.47. The SMILES string of the molecule is CCOC(=O)CCCc1cncc2ccc(OC)cc12. The Hall–Kier alpha value is -2.10. The predicted octanol–water partition coefficient (Wildman–Crippen LogP) is 3.13. The van der Waals surface area contributed by atoms with Crippen molar-refractivity contribution in [3.05, 3.63) is 36.2 Å². The number of hydrogen-bond acceptors (Lipinski definition) is 4. The molecule has 106 valence electrons. The summed E-state index contributed by atoms with van der Waals surface area (Å²) in [6.45, 7) is 2.25. The monoisotopic (exact) mass is 273 g/mol. The normalized spacial score (nSPS) is 10.5. The van der Waals surface area contributed by atoms with Crippen LogP contribution < -0.4 is 4.74 Å². The van der Waals surface area contributed by atoms with E-state index < -0.39 is 0 Å². The van der Waals surface area contributed by atoms with E-state index in [1.54, 1.807) is 7.11 Å². The molecular formula is C16H19NO3. The van der Waals surface area contributed by atoms with Gasteiger partial charge in [-0.05, 0) is 48.9 Å². The summed E-state index contributed by atoms with van der Waals surface area (Å²) in [5.74, 6) is 0.689. The van der Waals surface area contributed by atoms with Crippen LogP contribution in [0.25, 0.3) is 10.8 Å². The molecule has 1 aromatic heterocycles. The number of carbonyl (C=O) groups is 1. The van der Waals surface area contributed by atoms with Crippen LogP contribution in [0, 0.1) is 0 Å². The van der Waals surface area contributed by atoms with Crippen LogP contribution in [-0.4, -0.2) is 24.7 Å². The Morgan fingerprint density at radius 2 is 2.15 bits per heavy atom. The molecule has 0 bridgehead atoms. The highest BCUT2D eigenvalue weighted by Crippen LogP contribution is 2.24. The molecule has 2 rings (SSSR count). The molecule has 0 fully saturated rings. The van der Waals surface area contributed by atoms with Crippen LogP contribution in [0.4, 0.5) is 0 Å². The largest absolute Gasteiger partial charge is 0.497 e. The lowest BCUT2D eigenvalue weighted by atomic mass is 10.0. The van der Waals surface area contributed by atoms with Crippen LogP contribution in [0.3, 0.4) is 0 Å². The molecule has 0 unspecified atom stereocenters. The first-order valence-corrected chi connectivity index (χ1v) is 6.81. The summed E-state index contributed by atoms with van der Waals surface area (Å²) in [6, 6.07) is 5.93. The Bertz CT molecular complexity index is 595. The van der Waals surface area contributed by atoms with E-state index in [2.05, 4.69) is 4.98 Å². The van der Waals surface area contributed by atoms with Gasteiger partial charge in [-0.15, -0.1) is 0 Å². The molecule has 0 saturated heterocycles. The summed E-state index contributed by atoms with van der Waals surface area (Å²) in [5, 5.41) is 2.21. The molecule has 0 amide bonds. The van der Waals surface area contributed by atoms with Crippen molar-refractivity contribution in [1.29, 1.82) is 0 Å². The second kappa shape index (κ2) is 6.89. The Kier molecular flexibility index (Phi) is 4.93. The zero-order valence-corrected chi connectivity index (χ0v) is 11.9. The number of esters is 1. The first-order valence-electron chi connectivity index (χ1n) is 6.81. The van der Waals surface area contributed by atoms with Crippen molar-refractivity contribution in [3.63, 3.8) is 0 Å². The third-order valence-electron chi connectivity index (χ3n) is 3.18. The van der Waals surface area contributed by atoms with Crippen molar-refractivity contribution in [1.82, 2.24) is 4.98 Å². The third-order valence-corrected chi connectivity index (χ3v) is 3.18. The Labute approximate surface area is 118 Å². The topological polar surface area (TPSA) is 48.4 Å². The molecule has 1 heterocycles. The van der Waals surface area contributed by atoms with Crippen molar-refractivity contribution >= 4 is 16.7 Å². The average molecular weight is 273 g/mol. The fourth-order valence-corrected chi connectivity index (χ4v) is 2.19. The van der Waals surface area contributed by atoms with Crippen LogP contribution in [0.1, 0.15) is 25.3 Å². The molecule has 1 aromatic carbocycles. The molecule has 0 radical (unpaired) electrons. The summed E-state index contributed by atoms with van der Waals surface area (Å²) >= 11 is 0. The second-order valence-corrected chi connectivity index (χ2v) is 4.54. The Morgan fingerprint density at radius 3 is 2.90 bits per heavy atom. The molecule has 20 heavy (non-hydrogen) atoms. The van der Waals surface area contributed by atoms with E-state index in [4.69, 9.17) is 9.47 Å². The van der Waals surface area contributed by atoms with E-state index in [-0.39, 0.29) is 5.97 Å². The van der Waals surface area contributed by atoms with E-state index in [1.807, 2.05) is 37.5 Å². The van der Waals surface area contributed by atoms with Gasteiger partial charge < -0.3 is 9.47 Å². The van der Waals surface area contributed by atoms with Gasteiger partial charge in [-0.3, -0.25) is 9.78 Å². The number of hydrogen-bond donors (Lipinski definition) is 0. The van der Waals surface area contributed by atoms with E-state index in [1.165, 1.54) is 0 Å². The van der Waals surface area contributed by atoms with Gasteiger partial charge in [0, 0.05) is 24.2 Å². The zero-order valence-electron chi connectivity index (χ0n) is 11.9. The Balaban J connectivity index is 2.11. The molecule has 2 aromatic rings. The maximum Gasteiger partial charge on any atom is 0.305 e. The summed E-state index contributed by atoms with van der Waals surface area (Å²) in [6.07, 6.45) is 5.69. The molecule has 0 aliphatic rings. The van der Waals surface area contributed by atoms with Gasteiger partial charge in [0.05, 0.1) is 13.7 Å². The molecule has 0 N–H and O–H groups in total. The summed E-state index contributed by atoms with van der Waals surface area (Å²) in [4.78, 5) is 15.6. The minimum absolute atomic E-state index is 0.140. The number of benzene rings is 1. The van der Waals surface area contributed by atoms with Gasteiger partial charge in [0.2, 0.25) is 0 Å². The van der Waals surface area contributed by atoms with Gasteiger partial charge in [0.15, 0.2) is 0 Å². The minimum Gasteiger partial charge on any atom is -0.497 e. The maximum atomic E-state index is 11.3. The second-order valence-electron chi connectivity index (χ2n) is 4.54. The number of aryl methyl sites for hydroxylation is 1. The number of pyridine rings is 1. The lowest BCUT2D eigenvalue weighted by molar-refractivity contribution is -0.143. The van der Waals surface area contributed by atoms with Gasteiger partial charge in [0.1, 0.15) is 5.75 Å². The number of fused-ring (bicyclic) bond motifs is 1. The van der Waals surface area contributed by atoms with Crippen molar-refractivity contribution < 1.29 is 14.3 Å². The molecule has 0 aliphatic carbocycles. The molecule has 4 heteroatoms. The first kappa shape index (κ1) is 14.3. The van der Waals surface area contributed by atoms with Crippen LogP contribution in [0.5, 0.6) is 5.75 Å². The van der Waals surface area contributed by atoms with Crippen LogP contribution in [0.2, 0.25) is 0 Å². The van der Waals surface area contributed by atoms with Crippen LogP contribution in [-0.2, 0) is 16.0 Å². The summed E-state index contributed by atoms with van der Waals surface area (Å²) in [7, 11) is 1.66. The summed E-state index contributed by atoms with van der Waals surface area (Å²) < 4.78 is 10.2. The number of nitrogens with zero attached hydrogens (tertiary/aromatic N) is 1. The molecule has 0 saturated carbocycles. The standard InChI is InChI=1S/C16H19NO3/c1-3-20-16(18)6-4-5-12-10-17-11-13-7-8-14(19-2)9-15(12)13/h7-11H,3-6H2,1-2H3. The van der Waals surface area contributed by atoms with Gasteiger partial charge >= 0.3 is 5.97 Å². The fourth-order valence-electron chi connectivity index (χ4n) is 2.19. The number of carbonyl (C=O) groups excluding carboxylic acids is 1. The summed E-state index contributed by atoms with van der Waals surface area (Å²) in [5.41, 5.74) is 1.13. The highest BCUT2D eigenvalue weighted by atomic mass is 16.5. The average Bonchev–Trinajstić information content (AvgIpc) is 2.47. The van der Waals surface area contributed by atoms with E-state index in [0.29, 0.717) is 13.0 Å². The highest BCUT2D eigenvalue weighted by Gasteiger charge is 2.06. The van der Waals surface area contributed by atoms with Gasteiger partial charge in [-0.1, -0.05) is 0 Å². The minimum atomic E-state index is -0.140. The van der Waals surface area contributed by atoms with E-state index in [9.17, 15) is 4.79 Å². The molecular weight excluding hydrogens is 254 g/mol. The number of ether oxygens (including phenoxy) is 2. The highest BCUT2D eigenvalue weighted by molar-refractivity contribution is 5.86. The van der Waals surface area contributed by atoms with Crippen molar-refractivity contribution in [2.45, 2.75) is 26.2 Å². The first-order chi connectivity index (χ1) is 9.74. The molecule has 0 aliphatic heterocycles. The van der Waals surface area contributed by atoms with E-state index >= 15 is 0 Å². The van der Waals surface area contributed by atoms with Crippen molar-refractivity contribution in [3.8, 4) is 5.75 Å². The molecule has 0 atom stereocenters. The quantitative estimate of drug-likeness (QED) is 0.759. The van der Waals surface area contributed by atoms with Gasteiger partial charge in [-0.2, -0.15) is 0 Å². The number of methoxy groups -OCH3 is 1. The van der Waals surface area contributed by atoms with Gasteiger partial charge in [0.25, 0.3) is 0 Å². The smallest absolute Gasteiger partial charge is 0.305 e. The van der Waals surface area contributed by atoms with Crippen molar-refractivity contribution in [2.75, 3.05) is 13.7 Å². The maximum absolute atomic E-state index is 11.3. The number of rotatable bonds is 6. The van der Waals surface area contributed by atoms with Crippen LogP contribution >= 0.6 is 0 Å². The Morgan fingerprint density at radius 1 is 1.30 bits per heavy atom. The van der Waals surface area contributed by atoms with E-state index in [0.717, 1.165) is 34.9 Å². The van der Waals surface area contributed by atoms with Gasteiger partial charge in [-0.25, -0.2) is 0 Å². The number of aromatic nitrogens is 1. The van der Waals surface area contributed by atoms with Crippen LogP contribution in [0.15, 0.2) is 30.6 Å². The lowest BCUT2D eigenvalue weighted by Crippen LogP contribution is -2.04. The van der Waals surface area contributed by atoms with Crippen molar-refractivity contribution in [2.24, 2.45) is 0 Å². The fraction of sp³-hybridized carbons (Fsp3) is 0.375. The molecule has 4 nitrogen and oxygen atoms in total. The predicted molar refractivity (Wildman–Crippen MR) is 77.9 cm³/mol. The lowest BCUT2D eigenvalue weighted by Gasteiger charge is -2.08. The molecule has 0 spiro atoms.